The molecule has 2 N–H and O–H groups in total. The number of hydrogen-bond acceptors (Lipinski definition) is 3. The normalized spacial score (nSPS) is 10.7. The Kier molecular flexibility index (Phi) is 4.86. The molecule has 0 aromatic heterocycles. The van der Waals surface area contributed by atoms with Crippen LogP contribution >= 0.6 is 0 Å². The Morgan fingerprint density at radius 1 is 0.905 bits per heavy atom. The minimum Gasteiger partial charge on any atom is -0.507 e. The first-order valence-corrected chi connectivity index (χ1v) is 7.23. The molecule has 2 aromatic rings. The average Bonchev–Trinajstić information content (AvgIpc) is 2.45. The van der Waals surface area contributed by atoms with Crippen molar-refractivity contribution in [2.75, 3.05) is 19.0 Å². The van der Waals surface area contributed by atoms with Crippen LogP contribution in [0.2, 0.25) is 0 Å². The minimum atomic E-state index is 0.401. The molecule has 112 valence electrons. The van der Waals surface area contributed by atoms with Crippen LogP contribution in [0, 0.1) is 13.8 Å². The molecule has 0 atom stereocenters. The molecule has 0 radical (unpaired) electrons. The molecule has 0 unspecified atom stereocenters. The standard InChI is InChI=1S/C18H24N2O/c1-13-9-16(10-14(2)18(13)21)12-19-11-15-5-7-17(8-6-15)20(3)4/h5-10,19,21H,11-12H2,1-4H3. The van der Waals surface area contributed by atoms with E-state index in [1.54, 1.807) is 0 Å². The van der Waals surface area contributed by atoms with Crippen LogP contribution in [-0.4, -0.2) is 19.2 Å². The lowest BCUT2D eigenvalue weighted by molar-refractivity contribution is 0.466. The highest BCUT2D eigenvalue weighted by Gasteiger charge is 2.03. The van der Waals surface area contributed by atoms with E-state index < -0.39 is 0 Å². The third-order valence-corrected chi connectivity index (χ3v) is 3.66. The summed E-state index contributed by atoms with van der Waals surface area (Å²) in [4.78, 5) is 2.10. The van der Waals surface area contributed by atoms with Gasteiger partial charge in [0.2, 0.25) is 0 Å². The van der Waals surface area contributed by atoms with Crippen molar-refractivity contribution in [3.63, 3.8) is 0 Å². The van der Waals surface area contributed by atoms with E-state index >= 15 is 0 Å². The molecule has 0 bridgehead atoms. The molecule has 21 heavy (non-hydrogen) atoms. The number of benzene rings is 2. The van der Waals surface area contributed by atoms with E-state index in [1.807, 2.05) is 40.1 Å². The molecule has 2 aromatic carbocycles. The largest absolute Gasteiger partial charge is 0.507 e. The van der Waals surface area contributed by atoms with Crippen LogP contribution in [-0.2, 0) is 13.1 Å². The molecule has 0 fully saturated rings. The number of hydrogen-bond donors (Lipinski definition) is 2. The second kappa shape index (κ2) is 6.64. The minimum absolute atomic E-state index is 0.401. The van der Waals surface area contributed by atoms with E-state index in [2.05, 4.69) is 34.5 Å². The van der Waals surface area contributed by atoms with E-state index in [4.69, 9.17) is 0 Å². The van der Waals surface area contributed by atoms with Crippen molar-refractivity contribution in [1.29, 1.82) is 0 Å². The van der Waals surface area contributed by atoms with Crippen molar-refractivity contribution < 1.29 is 5.11 Å². The van der Waals surface area contributed by atoms with Crippen molar-refractivity contribution >= 4 is 5.69 Å². The van der Waals surface area contributed by atoms with Gasteiger partial charge in [-0.15, -0.1) is 0 Å². The fraction of sp³-hybridized carbons (Fsp3) is 0.333. The predicted octanol–water partition coefficient (Wildman–Crippen LogP) is 3.36. The van der Waals surface area contributed by atoms with Gasteiger partial charge in [-0.2, -0.15) is 0 Å². The third kappa shape index (κ3) is 3.99. The zero-order chi connectivity index (χ0) is 15.4. The lowest BCUT2D eigenvalue weighted by atomic mass is 10.1. The fourth-order valence-electron chi connectivity index (χ4n) is 2.41. The van der Waals surface area contributed by atoms with E-state index in [0.717, 1.165) is 24.2 Å². The van der Waals surface area contributed by atoms with Gasteiger partial charge in [-0.25, -0.2) is 0 Å². The van der Waals surface area contributed by atoms with Crippen molar-refractivity contribution in [2.45, 2.75) is 26.9 Å². The first-order chi connectivity index (χ1) is 9.97. The Balaban J connectivity index is 1.92. The van der Waals surface area contributed by atoms with Gasteiger partial charge in [-0.1, -0.05) is 24.3 Å². The van der Waals surface area contributed by atoms with Gasteiger partial charge < -0.3 is 15.3 Å². The summed E-state index contributed by atoms with van der Waals surface area (Å²) < 4.78 is 0. The summed E-state index contributed by atoms with van der Waals surface area (Å²) in [5.74, 6) is 0.401. The molecule has 0 aliphatic carbocycles. The van der Waals surface area contributed by atoms with Gasteiger partial charge in [0.1, 0.15) is 5.75 Å². The first-order valence-electron chi connectivity index (χ1n) is 7.23. The zero-order valence-electron chi connectivity index (χ0n) is 13.3. The van der Waals surface area contributed by atoms with Crippen molar-refractivity contribution in [1.82, 2.24) is 5.32 Å². The van der Waals surface area contributed by atoms with Crippen LogP contribution < -0.4 is 10.2 Å². The Bertz CT molecular complexity index is 580. The van der Waals surface area contributed by atoms with Crippen LogP contribution in [0.4, 0.5) is 5.69 Å². The number of aryl methyl sites for hydroxylation is 2. The Hall–Kier alpha value is -2.00. The summed E-state index contributed by atoms with van der Waals surface area (Å²) >= 11 is 0. The summed E-state index contributed by atoms with van der Waals surface area (Å²) in [5, 5.41) is 13.2. The molecule has 0 saturated heterocycles. The van der Waals surface area contributed by atoms with Crippen LogP contribution in [0.25, 0.3) is 0 Å². The van der Waals surface area contributed by atoms with Crippen molar-refractivity contribution in [3.05, 3.63) is 58.7 Å². The number of nitrogens with one attached hydrogen (secondary N) is 1. The second-order valence-corrected chi connectivity index (χ2v) is 5.74. The number of phenolic OH excluding ortho intramolecular Hbond substituents is 1. The van der Waals surface area contributed by atoms with E-state index in [-0.39, 0.29) is 0 Å². The van der Waals surface area contributed by atoms with Gasteiger partial charge in [0.15, 0.2) is 0 Å². The predicted molar refractivity (Wildman–Crippen MR) is 88.9 cm³/mol. The van der Waals surface area contributed by atoms with E-state index in [9.17, 15) is 5.11 Å². The van der Waals surface area contributed by atoms with Gasteiger partial charge in [-0.05, 0) is 48.2 Å². The highest BCUT2D eigenvalue weighted by atomic mass is 16.3. The smallest absolute Gasteiger partial charge is 0.121 e. The molecule has 3 heteroatoms. The van der Waals surface area contributed by atoms with Crippen LogP contribution in [0.1, 0.15) is 22.3 Å². The monoisotopic (exact) mass is 284 g/mol. The maximum atomic E-state index is 9.78. The summed E-state index contributed by atoms with van der Waals surface area (Å²) in [6, 6.07) is 12.6. The van der Waals surface area contributed by atoms with Gasteiger partial charge in [0, 0.05) is 32.9 Å². The quantitative estimate of drug-likeness (QED) is 0.883. The summed E-state index contributed by atoms with van der Waals surface area (Å²) in [7, 11) is 4.09. The number of phenols is 1. The lowest BCUT2D eigenvalue weighted by Crippen LogP contribution is -2.13. The maximum Gasteiger partial charge on any atom is 0.121 e. The number of rotatable bonds is 5. The van der Waals surface area contributed by atoms with Crippen molar-refractivity contribution in [3.8, 4) is 5.75 Å². The van der Waals surface area contributed by atoms with Gasteiger partial charge >= 0.3 is 0 Å². The Morgan fingerprint density at radius 2 is 1.43 bits per heavy atom. The summed E-state index contributed by atoms with van der Waals surface area (Å²) in [6.07, 6.45) is 0. The molecule has 0 heterocycles. The summed E-state index contributed by atoms with van der Waals surface area (Å²) in [5.41, 5.74) is 5.55. The SMILES string of the molecule is Cc1cc(CNCc2ccc(N(C)C)cc2)cc(C)c1O. The molecular formula is C18H24N2O. The molecule has 0 spiro atoms. The third-order valence-electron chi connectivity index (χ3n) is 3.66. The molecule has 0 aliphatic heterocycles. The number of anilines is 1. The van der Waals surface area contributed by atoms with Crippen LogP contribution in [0.5, 0.6) is 5.75 Å². The highest BCUT2D eigenvalue weighted by Crippen LogP contribution is 2.22. The molecule has 0 saturated carbocycles. The summed E-state index contributed by atoms with van der Waals surface area (Å²) in [6.45, 7) is 5.52. The second-order valence-electron chi connectivity index (χ2n) is 5.74. The Morgan fingerprint density at radius 3 is 1.95 bits per heavy atom. The fourth-order valence-corrected chi connectivity index (χ4v) is 2.41. The first kappa shape index (κ1) is 15.4. The van der Waals surface area contributed by atoms with E-state index in [1.165, 1.54) is 16.8 Å². The lowest BCUT2D eigenvalue weighted by Gasteiger charge is -2.13. The molecule has 0 amide bonds. The van der Waals surface area contributed by atoms with E-state index in [0.29, 0.717) is 5.75 Å². The maximum absolute atomic E-state index is 9.78. The number of nitrogens with zero attached hydrogens (tertiary/aromatic N) is 1. The molecular weight excluding hydrogens is 260 g/mol. The van der Waals surface area contributed by atoms with Gasteiger partial charge in [0.05, 0.1) is 0 Å². The average molecular weight is 284 g/mol. The van der Waals surface area contributed by atoms with Crippen LogP contribution in [0.3, 0.4) is 0 Å². The highest BCUT2D eigenvalue weighted by molar-refractivity contribution is 5.46. The molecule has 0 aliphatic rings. The Labute approximate surface area is 127 Å². The van der Waals surface area contributed by atoms with Gasteiger partial charge in [0.25, 0.3) is 0 Å². The molecule has 3 nitrogen and oxygen atoms in total. The van der Waals surface area contributed by atoms with Crippen molar-refractivity contribution in [2.24, 2.45) is 0 Å². The van der Waals surface area contributed by atoms with Gasteiger partial charge in [-0.3, -0.25) is 0 Å². The van der Waals surface area contributed by atoms with Crippen LogP contribution in [0.15, 0.2) is 36.4 Å². The molecule has 2 rings (SSSR count). The topological polar surface area (TPSA) is 35.5 Å². The number of aromatic hydroxyl groups is 1. The zero-order valence-corrected chi connectivity index (χ0v) is 13.3.